The summed E-state index contributed by atoms with van der Waals surface area (Å²) in [5.41, 5.74) is 3.28. The van der Waals surface area contributed by atoms with E-state index >= 15 is 0 Å². The number of carbonyl (C=O) groups excluding carboxylic acids is 1. The van der Waals surface area contributed by atoms with E-state index in [4.69, 9.17) is 4.98 Å². The molecule has 32 heavy (non-hydrogen) atoms. The molecule has 0 saturated carbocycles. The highest BCUT2D eigenvalue weighted by Gasteiger charge is 2.22. The van der Waals surface area contributed by atoms with Crippen molar-refractivity contribution in [1.82, 2.24) is 14.3 Å². The summed E-state index contributed by atoms with van der Waals surface area (Å²) < 4.78 is 15.9. The summed E-state index contributed by atoms with van der Waals surface area (Å²) in [6.45, 7) is 2.70. The van der Waals surface area contributed by atoms with E-state index in [1.165, 1.54) is 12.1 Å². The molecule has 0 unspecified atom stereocenters. The Morgan fingerprint density at radius 2 is 1.94 bits per heavy atom. The van der Waals surface area contributed by atoms with Gasteiger partial charge < -0.3 is 19.5 Å². The average Bonchev–Trinajstić information content (AvgIpc) is 3.16. The molecule has 2 amide bonds. The predicted molar refractivity (Wildman–Crippen MR) is 128 cm³/mol. The Bertz CT molecular complexity index is 1290. The molecule has 4 aromatic rings. The standard InChI is InChI=1S/C24H24FN5OS/c1-32-19-6-2-5-18(16-19)26-24(31)29-11-4-10-28(13-14-29)23-22-7-3-12-30(22)21-9-8-17(25)15-20(21)27-23/h2-3,5-9,12,15-16H,4,10-11,13-14H2,1H3,(H,26,31). The van der Waals surface area contributed by atoms with Gasteiger partial charge in [-0.2, -0.15) is 0 Å². The minimum atomic E-state index is -0.299. The van der Waals surface area contributed by atoms with Crippen LogP contribution < -0.4 is 10.2 Å². The summed E-state index contributed by atoms with van der Waals surface area (Å²) in [5.74, 6) is 0.523. The molecule has 0 radical (unpaired) electrons. The Labute approximate surface area is 190 Å². The van der Waals surface area contributed by atoms with Crippen molar-refractivity contribution in [3.05, 3.63) is 66.6 Å². The molecule has 0 spiro atoms. The summed E-state index contributed by atoms with van der Waals surface area (Å²) in [7, 11) is 0. The first-order valence-electron chi connectivity index (χ1n) is 10.6. The fourth-order valence-corrected chi connectivity index (χ4v) is 4.66. The second-order valence-corrected chi connectivity index (χ2v) is 8.70. The Hall–Kier alpha value is -3.26. The Kier molecular flexibility index (Phi) is 5.61. The summed E-state index contributed by atoms with van der Waals surface area (Å²) >= 11 is 1.65. The number of hydrogen-bond acceptors (Lipinski definition) is 4. The second-order valence-electron chi connectivity index (χ2n) is 7.82. The molecular weight excluding hydrogens is 425 g/mol. The smallest absolute Gasteiger partial charge is 0.321 e. The highest BCUT2D eigenvalue weighted by atomic mass is 32.2. The van der Waals surface area contributed by atoms with Gasteiger partial charge in [-0.25, -0.2) is 14.2 Å². The van der Waals surface area contributed by atoms with Gasteiger partial charge in [0.2, 0.25) is 0 Å². The van der Waals surface area contributed by atoms with Crippen LogP contribution in [0.5, 0.6) is 0 Å². The number of anilines is 2. The predicted octanol–water partition coefficient (Wildman–Crippen LogP) is 5.09. The van der Waals surface area contributed by atoms with Crippen molar-refractivity contribution in [2.45, 2.75) is 11.3 Å². The fraction of sp³-hybridized carbons (Fsp3) is 0.250. The van der Waals surface area contributed by atoms with Crippen LogP contribution in [0.25, 0.3) is 16.6 Å². The maximum Gasteiger partial charge on any atom is 0.321 e. The highest BCUT2D eigenvalue weighted by Crippen LogP contribution is 2.27. The number of halogens is 1. The Morgan fingerprint density at radius 3 is 2.81 bits per heavy atom. The zero-order chi connectivity index (χ0) is 22.1. The average molecular weight is 450 g/mol. The number of thioether (sulfide) groups is 1. The van der Waals surface area contributed by atoms with E-state index in [2.05, 4.69) is 10.2 Å². The highest BCUT2D eigenvalue weighted by molar-refractivity contribution is 7.98. The van der Waals surface area contributed by atoms with Gasteiger partial charge in [0, 0.05) is 49.0 Å². The molecule has 2 aromatic carbocycles. The van der Waals surface area contributed by atoms with Gasteiger partial charge in [0.05, 0.1) is 16.6 Å². The zero-order valence-electron chi connectivity index (χ0n) is 17.8. The maximum absolute atomic E-state index is 13.9. The number of amides is 2. The lowest BCUT2D eigenvalue weighted by Crippen LogP contribution is -2.38. The van der Waals surface area contributed by atoms with E-state index in [1.807, 2.05) is 58.2 Å². The monoisotopic (exact) mass is 449 g/mol. The van der Waals surface area contributed by atoms with Gasteiger partial charge in [-0.05, 0) is 55.1 Å². The molecular formula is C24H24FN5OS. The molecule has 2 aromatic heterocycles. The van der Waals surface area contributed by atoms with Crippen LogP contribution in [0, 0.1) is 5.82 Å². The van der Waals surface area contributed by atoms with Crippen LogP contribution in [0.4, 0.5) is 20.7 Å². The molecule has 6 nitrogen and oxygen atoms in total. The van der Waals surface area contributed by atoms with E-state index in [1.54, 1.807) is 17.8 Å². The first-order valence-corrected chi connectivity index (χ1v) is 11.9. The molecule has 1 aliphatic rings. The van der Waals surface area contributed by atoms with Crippen LogP contribution in [-0.4, -0.2) is 52.8 Å². The lowest BCUT2D eigenvalue weighted by molar-refractivity contribution is 0.215. The molecule has 1 saturated heterocycles. The van der Waals surface area contributed by atoms with Gasteiger partial charge in [-0.3, -0.25) is 0 Å². The number of rotatable bonds is 3. The van der Waals surface area contributed by atoms with Gasteiger partial charge in [0.25, 0.3) is 0 Å². The number of fused-ring (bicyclic) bond motifs is 3. The van der Waals surface area contributed by atoms with Crippen molar-refractivity contribution in [1.29, 1.82) is 0 Å². The first-order chi connectivity index (χ1) is 15.6. The van der Waals surface area contributed by atoms with E-state index in [0.717, 1.165) is 40.4 Å². The van der Waals surface area contributed by atoms with Crippen LogP contribution in [0.3, 0.4) is 0 Å². The fourth-order valence-electron chi connectivity index (χ4n) is 4.20. The molecule has 5 rings (SSSR count). The number of carbonyl (C=O) groups is 1. The quantitative estimate of drug-likeness (QED) is 0.443. The number of nitrogens with zero attached hydrogens (tertiary/aromatic N) is 4. The van der Waals surface area contributed by atoms with Crippen molar-refractivity contribution in [3.8, 4) is 0 Å². The van der Waals surface area contributed by atoms with Crippen molar-refractivity contribution in [2.24, 2.45) is 0 Å². The molecule has 164 valence electrons. The van der Waals surface area contributed by atoms with E-state index < -0.39 is 0 Å². The Morgan fingerprint density at radius 1 is 1.03 bits per heavy atom. The van der Waals surface area contributed by atoms with Crippen molar-refractivity contribution >= 4 is 45.8 Å². The van der Waals surface area contributed by atoms with Crippen LogP contribution in [0.1, 0.15) is 6.42 Å². The number of hydrogen-bond donors (Lipinski definition) is 1. The summed E-state index contributed by atoms with van der Waals surface area (Å²) in [6.07, 6.45) is 4.82. The maximum atomic E-state index is 13.9. The van der Waals surface area contributed by atoms with Crippen LogP contribution in [0.15, 0.2) is 65.7 Å². The van der Waals surface area contributed by atoms with Crippen LogP contribution >= 0.6 is 11.8 Å². The van der Waals surface area contributed by atoms with Gasteiger partial charge in [-0.1, -0.05) is 6.07 Å². The summed E-state index contributed by atoms with van der Waals surface area (Å²) in [5, 5.41) is 3.02. The van der Waals surface area contributed by atoms with Crippen molar-refractivity contribution < 1.29 is 9.18 Å². The van der Waals surface area contributed by atoms with Gasteiger partial charge in [-0.15, -0.1) is 11.8 Å². The number of aromatic nitrogens is 2. The van der Waals surface area contributed by atoms with Crippen molar-refractivity contribution in [2.75, 3.05) is 42.7 Å². The molecule has 8 heteroatoms. The Balaban J connectivity index is 1.36. The lowest BCUT2D eigenvalue weighted by atomic mass is 10.2. The van der Waals surface area contributed by atoms with Crippen LogP contribution in [-0.2, 0) is 0 Å². The molecule has 0 aliphatic carbocycles. The minimum Gasteiger partial charge on any atom is -0.353 e. The number of urea groups is 1. The molecule has 0 bridgehead atoms. The normalized spacial score (nSPS) is 14.7. The molecule has 3 heterocycles. The first kappa shape index (κ1) is 20.6. The molecule has 1 aliphatic heterocycles. The molecule has 1 fully saturated rings. The van der Waals surface area contributed by atoms with Gasteiger partial charge >= 0.3 is 6.03 Å². The molecule has 0 atom stereocenters. The number of benzene rings is 2. The largest absolute Gasteiger partial charge is 0.353 e. The lowest BCUT2D eigenvalue weighted by Gasteiger charge is -2.24. The topological polar surface area (TPSA) is 52.9 Å². The SMILES string of the molecule is CSc1cccc(NC(=O)N2CCCN(c3nc4cc(F)ccc4n4cccc34)CC2)c1. The molecule has 1 N–H and O–H groups in total. The van der Waals surface area contributed by atoms with E-state index in [-0.39, 0.29) is 11.8 Å². The second kappa shape index (κ2) is 8.70. The third-order valence-corrected chi connectivity index (χ3v) is 6.53. The van der Waals surface area contributed by atoms with Gasteiger partial charge in [0.1, 0.15) is 5.82 Å². The van der Waals surface area contributed by atoms with Crippen LogP contribution in [0.2, 0.25) is 0 Å². The third kappa shape index (κ3) is 3.98. The van der Waals surface area contributed by atoms with E-state index in [9.17, 15) is 9.18 Å². The number of nitrogens with one attached hydrogen (secondary N) is 1. The minimum absolute atomic E-state index is 0.0912. The summed E-state index contributed by atoms with van der Waals surface area (Å²) in [4.78, 5) is 22.8. The summed E-state index contributed by atoms with van der Waals surface area (Å²) in [6, 6.07) is 16.5. The zero-order valence-corrected chi connectivity index (χ0v) is 18.6. The third-order valence-electron chi connectivity index (χ3n) is 5.80. The van der Waals surface area contributed by atoms with Gasteiger partial charge in [0.15, 0.2) is 5.82 Å². The van der Waals surface area contributed by atoms with E-state index in [0.29, 0.717) is 25.2 Å². The van der Waals surface area contributed by atoms with Crippen molar-refractivity contribution in [3.63, 3.8) is 0 Å².